The van der Waals surface area contributed by atoms with E-state index in [1.165, 1.54) is 19.6 Å². The number of methoxy groups -OCH3 is 1. The van der Waals surface area contributed by atoms with E-state index in [0.717, 1.165) is 55.0 Å². The minimum atomic E-state index is -0.498. The molecule has 9 heteroatoms. The molecule has 3 aromatic rings. The molecule has 0 bridgehead atoms. The summed E-state index contributed by atoms with van der Waals surface area (Å²) in [6.07, 6.45) is 9.35. The maximum Gasteiger partial charge on any atom is 0.250 e. The first-order valence-electron chi connectivity index (χ1n) is 12.2. The van der Waals surface area contributed by atoms with Gasteiger partial charge < -0.3 is 14.8 Å². The summed E-state index contributed by atoms with van der Waals surface area (Å²) in [6.45, 7) is 7.76. The van der Waals surface area contributed by atoms with Crippen LogP contribution in [0.2, 0.25) is 0 Å². The number of ether oxygens (including phenoxy) is 2. The summed E-state index contributed by atoms with van der Waals surface area (Å²) in [4.78, 5) is 4.12. The minimum Gasteiger partial charge on any atom is -0.479 e. The smallest absolute Gasteiger partial charge is 0.250 e. The van der Waals surface area contributed by atoms with Crippen molar-refractivity contribution in [1.29, 1.82) is 0 Å². The lowest BCUT2D eigenvalue weighted by Crippen LogP contribution is -2.42. The summed E-state index contributed by atoms with van der Waals surface area (Å²) in [5.41, 5.74) is 4.46. The molecule has 1 saturated heterocycles. The molecule has 5 heterocycles. The van der Waals surface area contributed by atoms with Crippen LogP contribution >= 0.6 is 0 Å². The summed E-state index contributed by atoms with van der Waals surface area (Å²) >= 11 is 0. The van der Waals surface area contributed by atoms with Crippen molar-refractivity contribution in [1.82, 2.24) is 29.9 Å². The van der Waals surface area contributed by atoms with Crippen molar-refractivity contribution in [2.24, 2.45) is 11.8 Å². The van der Waals surface area contributed by atoms with Crippen LogP contribution in [0.5, 0.6) is 5.88 Å². The molecule has 2 unspecified atom stereocenters. The molecule has 0 spiro atoms. The van der Waals surface area contributed by atoms with Crippen molar-refractivity contribution in [3.05, 3.63) is 41.7 Å². The van der Waals surface area contributed by atoms with Gasteiger partial charge in [-0.15, -0.1) is 0 Å². The van der Waals surface area contributed by atoms with E-state index in [4.69, 9.17) is 14.6 Å². The van der Waals surface area contributed by atoms with E-state index in [1.807, 2.05) is 15.6 Å². The van der Waals surface area contributed by atoms with Crippen molar-refractivity contribution < 1.29 is 13.9 Å². The molecule has 0 aromatic carbocycles. The highest BCUT2D eigenvalue weighted by Crippen LogP contribution is 2.31. The zero-order valence-electron chi connectivity index (χ0n) is 20.1. The van der Waals surface area contributed by atoms with Crippen LogP contribution in [0.3, 0.4) is 0 Å². The van der Waals surface area contributed by atoms with Crippen LogP contribution in [-0.4, -0.2) is 57.5 Å². The number of nitrogens with one attached hydrogen (secondary N) is 1. The molecule has 0 saturated carbocycles. The van der Waals surface area contributed by atoms with Gasteiger partial charge in [-0.1, -0.05) is 13.8 Å². The molecule has 2 aliphatic rings. The summed E-state index contributed by atoms with van der Waals surface area (Å²) in [7, 11) is 1.41. The molecule has 182 valence electrons. The summed E-state index contributed by atoms with van der Waals surface area (Å²) in [5, 5.41) is 13.2. The van der Waals surface area contributed by atoms with Crippen LogP contribution < -0.4 is 10.1 Å². The molecular formula is C25H33FN6O2. The fourth-order valence-corrected chi connectivity index (χ4v) is 5.13. The van der Waals surface area contributed by atoms with Crippen LogP contribution in [0.15, 0.2) is 24.7 Å². The van der Waals surface area contributed by atoms with Crippen molar-refractivity contribution in [2.45, 2.75) is 52.1 Å². The van der Waals surface area contributed by atoms with Crippen molar-refractivity contribution >= 4 is 0 Å². The average Bonchev–Trinajstić information content (AvgIpc) is 3.35. The first-order valence-corrected chi connectivity index (χ1v) is 12.2. The molecule has 0 radical (unpaired) electrons. The quantitative estimate of drug-likeness (QED) is 0.597. The number of aromatic nitrogens is 5. The second-order valence-corrected chi connectivity index (χ2v) is 9.63. The molecule has 34 heavy (non-hydrogen) atoms. The van der Waals surface area contributed by atoms with Crippen LogP contribution in [0.1, 0.15) is 37.9 Å². The number of fused-ring (bicyclic) bond motifs is 1. The molecule has 2 aliphatic heterocycles. The Bertz CT molecular complexity index is 1140. The third-order valence-corrected chi connectivity index (χ3v) is 7.00. The summed E-state index contributed by atoms with van der Waals surface area (Å²) < 4.78 is 29.1. The van der Waals surface area contributed by atoms with Crippen molar-refractivity contribution in [3.8, 4) is 22.8 Å². The number of piperidine rings is 1. The van der Waals surface area contributed by atoms with Crippen molar-refractivity contribution in [3.63, 3.8) is 0 Å². The van der Waals surface area contributed by atoms with Gasteiger partial charge in [-0.05, 0) is 43.7 Å². The van der Waals surface area contributed by atoms with Gasteiger partial charge in [-0.25, -0.2) is 14.1 Å². The molecule has 1 fully saturated rings. The fourth-order valence-electron chi connectivity index (χ4n) is 5.13. The van der Waals surface area contributed by atoms with Crippen LogP contribution in [0.25, 0.3) is 16.9 Å². The van der Waals surface area contributed by atoms with Gasteiger partial charge in [0.1, 0.15) is 5.69 Å². The maximum absolute atomic E-state index is 14.4. The topological polar surface area (TPSA) is 79.0 Å². The van der Waals surface area contributed by atoms with E-state index in [0.29, 0.717) is 36.7 Å². The van der Waals surface area contributed by atoms with Gasteiger partial charge in [0, 0.05) is 36.3 Å². The number of rotatable bonds is 6. The zero-order valence-corrected chi connectivity index (χ0v) is 20.1. The van der Waals surface area contributed by atoms with Gasteiger partial charge in [0.25, 0.3) is 0 Å². The van der Waals surface area contributed by atoms with Gasteiger partial charge in [0.2, 0.25) is 5.88 Å². The normalized spacial score (nSPS) is 20.9. The molecule has 1 N–H and O–H groups in total. The Kier molecular flexibility index (Phi) is 6.65. The Morgan fingerprint density at radius 1 is 1.26 bits per heavy atom. The van der Waals surface area contributed by atoms with Gasteiger partial charge >= 0.3 is 0 Å². The number of hydrogen-bond acceptors (Lipinski definition) is 6. The predicted octanol–water partition coefficient (Wildman–Crippen LogP) is 3.42. The van der Waals surface area contributed by atoms with Gasteiger partial charge in [-0.2, -0.15) is 10.2 Å². The first kappa shape index (κ1) is 23.0. The van der Waals surface area contributed by atoms with E-state index in [-0.39, 0.29) is 5.88 Å². The lowest BCUT2D eigenvalue weighted by Gasteiger charge is -2.32. The number of hydrogen-bond donors (Lipinski definition) is 1. The van der Waals surface area contributed by atoms with E-state index in [2.05, 4.69) is 35.4 Å². The Morgan fingerprint density at radius 2 is 2.12 bits per heavy atom. The second kappa shape index (κ2) is 9.84. The average molecular weight is 469 g/mol. The SMILES string of the molecule is COc1ncc(-c2nn(-c3cnn(CC4CCNC(C(C)C)C4)c3)c3c2CCOCC3)cc1F. The molecular weight excluding hydrogens is 435 g/mol. The second-order valence-electron chi connectivity index (χ2n) is 9.63. The standard InChI is InChI=1S/C25H33FN6O2/c1-16(2)22-10-17(4-7-27-22)14-31-15-19(13-29-31)32-23-6-9-34-8-5-20(23)24(30-32)18-11-21(26)25(33-3)28-12-18/h11-13,15-17,22,27H,4-10,14H2,1-3H3. The number of halogens is 1. The zero-order chi connectivity index (χ0) is 23.7. The van der Waals surface area contributed by atoms with Gasteiger partial charge in [-0.3, -0.25) is 4.68 Å². The predicted molar refractivity (Wildman–Crippen MR) is 127 cm³/mol. The third-order valence-electron chi connectivity index (χ3n) is 7.00. The molecule has 0 aliphatic carbocycles. The first-order chi connectivity index (χ1) is 16.5. The third kappa shape index (κ3) is 4.59. The maximum atomic E-state index is 14.4. The van der Waals surface area contributed by atoms with Crippen LogP contribution in [0.4, 0.5) is 4.39 Å². The Balaban J connectivity index is 1.44. The van der Waals surface area contributed by atoms with E-state index >= 15 is 0 Å². The highest BCUT2D eigenvalue weighted by Gasteiger charge is 2.26. The molecule has 0 amide bonds. The highest BCUT2D eigenvalue weighted by atomic mass is 19.1. The highest BCUT2D eigenvalue weighted by molar-refractivity contribution is 5.65. The molecule has 8 nitrogen and oxygen atoms in total. The van der Waals surface area contributed by atoms with Crippen molar-refractivity contribution in [2.75, 3.05) is 26.9 Å². The summed E-state index contributed by atoms with van der Waals surface area (Å²) in [6, 6.07) is 2.01. The Morgan fingerprint density at radius 3 is 2.91 bits per heavy atom. The Hall–Kier alpha value is -2.78. The van der Waals surface area contributed by atoms with E-state index < -0.39 is 5.82 Å². The molecule has 3 aromatic heterocycles. The lowest BCUT2D eigenvalue weighted by molar-refractivity contribution is 0.145. The summed E-state index contributed by atoms with van der Waals surface area (Å²) in [5.74, 6) is 0.723. The van der Waals surface area contributed by atoms with Gasteiger partial charge in [0.15, 0.2) is 5.82 Å². The number of pyridine rings is 1. The largest absolute Gasteiger partial charge is 0.479 e. The fraction of sp³-hybridized carbons (Fsp3) is 0.560. The van der Waals surface area contributed by atoms with E-state index in [1.54, 1.807) is 6.20 Å². The van der Waals surface area contributed by atoms with Crippen LogP contribution in [-0.2, 0) is 24.1 Å². The molecule has 5 rings (SSSR count). The number of nitrogens with zero attached hydrogens (tertiary/aromatic N) is 5. The molecule has 2 atom stereocenters. The monoisotopic (exact) mass is 468 g/mol. The lowest BCUT2D eigenvalue weighted by atomic mass is 9.87. The van der Waals surface area contributed by atoms with Crippen LogP contribution in [0, 0.1) is 17.7 Å². The van der Waals surface area contributed by atoms with E-state index in [9.17, 15) is 4.39 Å². The minimum absolute atomic E-state index is 0.0171. The van der Waals surface area contributed by atoms with Gasteiger partial charge in [0.05, 0.1) is 44.1 Å². The Labute approximate surface area is 199 Å².